The molecule has 1 aromatic heterocycles. The topological polar surface area (TPSA) is 94.9 Å². The number of hydrogen-bond donors (Lipinski definition) is 1. The summed E-state index contributed by atoms with van der Waals surface area (Å²) >= 11 is 0. The van der Waals surface area contributed by atoms with Gasteiger partial charge in [0.2, 0.25) is 0 Å². The van der Waals surface area contributed by atoms with E-state index in [0.717, 1.165) is 115 Å². The highest BCUT2D eigenvalue weighted by Gasteiger charge is 2.24. The van der Waals surface area contributed by atoms with Crippen LogP contribution >= 0.6 is 0 Å². The van der Waals surface area contributed by atoms with E-state index in [2.05, 4.69) is 59.4 Å². The smallest absolute Gasteiger partial charge is 0.251 e. The summed E-state index contributed by atoms with van der Waals surface area (Å²) in [5.74, 6) is 1.54. The summed E-state index contributed by atoms with van der Waals surface area (Å²) in [5, 5.41) is 3.11. The van der Waals surface area contributed by atoms with Crippen LogP contribution in [0.2, 0.25) is 0 Å². The predicted octanol–water partition coefficient (Wildman–Crippen LogP) is 8.04. The molecule has 276 valence electrons. The van der Waals surface area contributed by atoms with E-state index < -0.39 is 10.8 Å². The van der Waals surface area contributed by atoms with Gasteiger partial charge in [-0.1, -0.05) is 31.5 Å². The van der Waals surface area contributed by atoms with Crippen molar-refractivity contribution in [3.63, 3.8) is 0 Å². The third-order valence-electron chi connectivity index (χ3n) is 9.84. The minimum absolute atomic E-state index is 0.129. The van der Waals surface area contributed by atoms with E-state index in [1.807, 2.05) is 54.0 Å². The van der Waals surface area contributed by atoms with E-state index in [0.29, 0.717) is 37.0 Å². The van der Waals surface area contributed by atoms with Crippen molar-refractivity contribution in [1.82, 2.24) is 9.55 Å². The fourth-order valence-electron chi connectivity index (χ4n) is 6.79. The molecule has 6 rings (SSSR count). The Morgan fingerprint density at radius 3 is 2.58 bits per heavy atom. The molecule has 10 heteroatoms. The van der Waals surface area contributed by atoms with Crippen molar-refractivity contribution in [3.8, 4) is 16.9 Å². The van der Waals surface area contributed by atoms with Crippen LogP contribution in [0.15, 0.2) is 83.5 Å². The number of ether oxygens (including phenoxy) is 3. The zero-order chi connectivity index (χ0) is 36.3. The molecule has 4 aromatic rings. The Morgan fingerprint density at radius 1 is 1.02 bits per heavy atom. The SMILES string of the molecule is CCCCOCCOc1ccc(-c2ccc3c(c2)C=C(C(=O)Nc2ccc([S@](=O)Cc4c(C)ncn4CC)cc2)CCN3C[C@H]2CCCOC2)cc1. The first-order valence-electron chi connectivity index (χ1n) is 18.7. The summed E-state index contributed by atoms with van der Waals surface area (Å²) in [6.07, 6.45) is 8.87. The Kier molecular flexibility index (Phi) is 13.3. The van der Waals surface area contributed by atoms with Crippen LogP contribution in [0, 0.1) is 12.8 Å². The summed E-state index contributed by atoms with van der Waals surface area (Å²) in [4.78, 5) is 21.3. The average molecular weight is 725 g/mol. The van der Waals surface area contributed by atoms with E-state index >= 15 is 0 Å². The van der Waals surface area contributed by atoms with Crippen LogP contribution in [0.5, 0.6) is 5.75 Å². The van der Waals surface area contributed by atoms with Gasteiger partial charge in [-0.2, -0.15) is 0 Å². The fraction of sp³-hybridized carbons (Fsp3) is 0.429. The second kappa shape index (κ2) is 18.5. The lowest BCUT2D eigenvalue weighted by Gasteiger charge is -2.31. The van der Waals surface area contributed by atoms with E-state index in [1.54, 1.807) is 6.33 Å². The van der Waals surface area contributed by atoms with Crippen LogP contribution < -0.4 is 15.0 Å². The molecule has 3 aromatic carbocycles. The summed E-state index contributed by atoms with van der Waals surface area (Å²) in [6.45, 7) is 12.0. The number of anilines is 2. The average Bonchev–Trinajstić information content (AvgIpc) is 3.42. The van der Waals surface area contributed by atoms with Crippen LogP contribution in [0.1, 0.15) is 62.9 Å². The second-order valence-corrected chi connectivity index (χ2v) is 15.0. The van der Waals surface area contributed by atoms with Gasteiger partial charge in [-0.3, -0.25) is 9.00 Å². The number of amides is 1. The van der Waals surface area contributed by atoms with Crippen molar-refractivity contribution in [2.75, 3.05) is 56.3 Å². The number of benzene rings is 3. The number of aryl methyl sites for hydroxylation is 2. The minimum atomic E-state index is -1.23. The lowest BCUT2D eigenvalue weighted by molar-refractivity contribution is -0.112. The second-order valence-electron chi connectivity index (χ2n) is 13.6. The number of unbranched alkanes of at least 4 members (excludes halogenated alkanes) is 1. The first-order chi connectivity index (χ1) is 25.4. The van der Waals surface area contributed by atoms with Crippen molar-refractivity contribution in [2.45, 2.75) is 70.1 Å². The molecule has 1 fully saturated rings. The van der Waals surface area contributed by atoms with Crippen LogP contribution in [-0.2, 0) is 37.4 Å². The molecule has 52 heavy (non-hydrogen) atoms. The molecule has 9 nitrogen and oxygen atoms in total. The molecule has 2 atom stereocenters. The molecular weight excluding hydrogens is 673 g/mol. The Labute approximate surface area is 310 Å². The monoisotopic (exact) mass is 724 g/mol. The predicted molar refractivity (Wildman–Crippen MR) is 209 cm³/mol. The number of rotatable bonds is 16. The minimum Gasteiger partial charge on any atom is -0.491 e. The fourth-order valence-corrected chi connectivity index (χ4v) is 8.02. The molecule has 0 spiro atoms. The zero-order valence-electron chi connectivity index (χ0n) is 30.8. The highest BCUT2D eigenvalue weighted by molar-refractivity contribution is 7.84. The number of carbonyl (C=O) groups excluding carboxylic acids is 1. The van der Waals surface area contributed by atoms with E-state index in [9.17, 15) is 9.00 Å². The Morgan fingerprint density at radius 2 is 1.83 bits per heavy atom. The number of aromatic nitrogens is 2. The normalized spacial score (nSPS) is 16.5. The Balaban J connectivity index is 1.16. The molecule has 0 aliphatic carbocycles. The lowest BCUT2D eigenvalue weighted by atomic mass is 9.98. The first-order valence-corrected chi connectivity index (χ1v) is 20.0. The number of imidazole rings is 1. The van der Waals surface area contributed by atoms with Gasteiger partial charge < -0.3 is 29.0 Å². The molecule has 2 aliphatic heterocycles. The van der Waals surface area contributed by atoms with Gasteiger partial charge in [0.25, 0.3) is 5.91 Å². The van der Waals surface area contributed by atoms with Gasteiger partial charge in [0.1, 0.15) is 12.4 Å². The van der Waals surface area contributed by atoms with Crippen molar-refractivity contribution >= 4 is 34.2 Å². The maximum atomic E-state index is 13.8. The summed E-state index contributed by atoms with van der Waals surface area (Å²) in [5.41, 5.74) is 7.59. The number of fused-ring (bicyclic) bond motifs is 1. The van der Waals surface area contributed by atoms with E-state index in [1.165, 1.54) is 0 Å². The van der Waals surface area contributed by atoms with Crippen LogP contribution in [0.3, 0.4) is 0 Å². The van der Waals surface area contributed by atoms with E-state index in [4.69, 9.17) is 14.2 Å². The molecule has 3 heterocycles. The largest absolute Gasteiger partial charge is 0.491 e. The van der Waals surface area contributed by atoms with Gasteiger partial charge in [0.05, 0.1) is 47.5 Å². The van der Waals surface area contributed by atoms with Gasteiger partial charge >= 0.3 is 0 Å². The van der Waals surface area contributed by atoms with Crippen LogP contribution in [-0.4, -0.2) is 65.8 Å². The number of carbonyl (C=O) groups is 1. The van der Waals surface area contributed by atoms with Crippen molar-refractivity contribution in [2.24, 2.45) is 5.92 Å². The molecular formula is C42H52N4O5S. The van der Waals surface area contributed by atoms with Gasteiger partial charge in [0, 0.05) is 54.7 Å². The Bertz CT molecular complexity index is 1830. The number of nitrogens with zero attached hydrogens (tertiary/aromatic N) is 3. The first kappa shape index (κ1) is 37.5. The highest BCUT2D eigenvalue weighted by Crippen LogP contribution is 2.34. The molecule has 1 amide bonds. The molecule has 0 saturated carbocycles. The molecule has 1 saturated heterocycles. The van der Waals surface area contributed by atoms with Crippen molar-refractivity contribution in [1.29, 1.82) is 0 Å². The lowest BCUT2D eigenvalue weighted by Crippen LogP contribution is -2.34. The molecule has 1 N–H and O–H groups in total. The standard InChI is InChI=1S/C42H52N4O5S/c1-4-6-21-49-23-24-51-38-14-9-33(10-15-38)34-11-18-40-36(25-34)26-35(19-20-46(40)27-32-8-7-22-50-28-32)42(47)44-37-12-16-39(17-13-37)52(48)29-41-31(3)43-30-45(41)5-2/h9-18,25-26,30,32H,4-8,19-24,27-29H2,1-3H3,(H,44,47)/t32-,52-/m1/s1. The Hall–Kier alpha value is -4.25. The highest BCUT2D eigenvalue weighted by atomic mass is 32.2. The van der Waals surface area contributed by atoms with Crippen LogP contribution in [0.4, 0.5) is 11.4 Å². The number of nitrogens with one attached hydrogen (secondary N) is 1. The van der Waals surface area contributed by atoms with Gasteiger partial charge in [-0.25, -0.2) is 4.98 Å². The quantitative estimate of drug-likeness (QED) is 0.117. The zero-order valence-corrected chi connectivity index (χ0v) is 31.6. The number of hydrogen-bond acceptors (Lipinski definition) is 7. The molecule has 2 aliphatic rings. The van der Waals surface area contributed by atoms with Crippen LogP contribution in [0.25, 0.3) is 17.2 Å². The van der Waals surface area contributed by atoms with Gasteiger partial charge in [-0.05, 0) is 117 Å². The van der Waals surface area contributed by atoms with E-state index in [-0.39, 0.29) is 5.91 Å². The summed E-state index contributed by atoms with van der Waals surface area (Å²) in [7, 11) is -1.23. The third kappa shape index (κ3) is 9.79. The van der Waals surface area contributed by atoms with Crippen molar-refractivity contribution < 1.29 is 23.2 Å². The third-order valence-corrected chi connectivity index (χ3v) is 11.2. The molecule has 0 bridgehead atoms. The van der Waals surface area contributed by atoms with Gasteiger partial charge in [0.15, 0.2) is 0 Å². The van der Waals surface area contributed by atoms with Crippen molar-refractivity contribution in [3.05, 3.63) is 95.6 Å². The maximum Gasteiger partial charge on any atom is 0.251 e. The molecule has 0 radical (unpaired) electrons. The maximum absolute atomic E-state index is 13.8. The summed E-state index contributed by atoms with van der Waals surface area (Å²) < 4.78 is 32.6. The molecule has 0 unspecified atom stereocenters. The van der Waals surface area contributed by atoms with Gasteiger partial charge in [-0.15, -0.1) is 0 Å². The summed E-state index contributed by atoms with van der Waals surface area (Å²) in [6, 6.07) is 22.0.